The van der Waals surface area contributed by atoms with Gasteiger partial charge in [-0.2, -0.15) is 5.10 Å². The van der Waals surface area contributed by atoms with Crippen molar-refractivity contribution < 1.29 is 4.74 Å². The highest BCUT2D eigenvalue weighted by atomic mass is 16.5. The minimum Gasteiger partial charge on any atom is -0.378 e. The normalized spacial score (nSPS) is 23.2. The molecule has 1 aromatic rings. The van der Waals surface area contributed by atoms with Gasteiger partial charge in [0.05, 0.1) is 6.10 Å². The Bertz CT molecular complexity index is 298. The Morgan fingerprint density at radius 2 is 2.58 bits per heavy atom. The third-order valence-electron chi connectivity index (χ3n) is 2.00. The van der Waals surface area contributed by atoms with Crippen LogP contribution in [0.25, 0.3) is 0 Å². The molecule has 0 saturated carbocycles. The number of H-pyrrole nitrogens is 2. The van der Waals surface area contributed by atoms with Crippen LogP contribution in [-0.2, 0) is 11.2 Å². The summed E-state index contributed by atoms with van der Waals surface area (Å²) in [6.45, 7) is 0.833. The zero-order valence-corrected chi connectivity index (χ0v) is 6.67. The van der Waals surface area contributed by atoms with Gasteiger partial charge >= 0.3 is 5.69 Å². The summed E-state index contributed by atoms with van der Waals surface area (Å²) < 4.78 is 5.39. The van der Waals surface area contributed by atoms with Crippen LogP contribution in [0.4, 0.5) is 0 Å². The van der Waals surface area contributed by atoms with Crippen molar-refractivity contribution in [2.45, 2.75) is 25.4 Å². The van der Waals surface area contributed by atoms with Crippen molar-refractivity contribution in [1.82, 2.24) is 15.2 Å². The van der Waals surface area contributed by atoms with Crippen LogP contribution in [0.3, 0.4) is 0 Å². The molecular formula is C7H11N3O2. The van der Waals surface area contributed by atoms with Crippen LogP contribution in [0.5, 0.6) is 0 Å². The highest BCUT2D eigenvalue weighted by molar-refractivity contribution is 4.85. The van der Waals surface area contributed by atoms with Crippen molar-refractivity contribution in [1.29, 1.82) is 0 Å². The van der Waals surface area contributed by atoms with Gasteiger partial charge < -0.3 is 4.74 Å². The first-order valence-electron chi connectivity index (χ1n) is 4.10. The Balaban J connectivity index is 1.98. The molecule has 2 rings (SSSR count). The molecule has 1 unspecified atom stereocenters. The summed E-state index contributed by atoms with van der Waals surface area (Å²) in [6, 6.07) is 0. The first-order chi connectivity index (χ1) is 5.84. The standard InChI is InChI=1S/C7H11N3O2/c11-7-8-6(9-10-7)4-5-2-1-3-12-5/h5H,1-4H2,(H2,8,9,10,11). The van der Waals surface area contributed by atoms with Crippen LogP contribution < -0.4 is 5.69 Å². The Kier molecular flexibility index (Phi) is 1.95. The minimum atomic E-state index is -0.247. The second-order valence-corrected chi connectivity index (χ2v) is 2.96. The zero-order valence-electron chi connectivity index (χ0n) is 6.67. The topological polar surface area (TPSA) is 70.8 Å². The summed E-state index contributed by atoms with van der Waals surface area (Å²) in [5, 5.41) is 6.13. The smallest absolute Gasteiger partial charge is 0.340 e. The van der Waals surface area contributed by atoms with E-state index in [1.165, 1.54) is 0 Å². The lowest BCUT2D eigenvalue weighted by Gasteiger charge is -2.04. The average molecular weight is 169 g/mol. The van der Waals surface area contributed by atoms with E-state index in [0.717, 1.165) is 19.4 Å². The molecule has 1 aliphatic rings. The molecule has 5 heteroatoms. The molecule has 66 valence electrons. The molecule has 1 fully saturated rings. The highest BCUT2D eigenvalue weighted by Crippen LogP contribution is 2.14. The highest BCUT2D eigenvalue weighted by Gasteiger charge is 2.17. The minimum absolute atomic E-state index is 0.240. The molecule has 1 aliphatic heterocycles. The maximum absolute atomic E-state index is 10.6. The van der Waals surface area contributed by atoms with Gasteiger partial charge in [-0.25, -0.2) is 9.89 Å². The zero-order chi connectivity index (χ0) is 8.39. The molecule has 5 nitrogen and oxygen atoms in total. The molecule has 0 spiro atoms. The number of hydrogen-bond donors (Lipinski definition) is 2. The molecule has 2 N–H and O–H groups in total. The van der Waals surface area contributed by atoms with E-state index in [9.17, 15) is 4.79 Å². The third kappa shape index (κ3) is 1.55. The van der Waals surface area contributed by atoms with Crippen molar-refractivity contribution in [3.05, 3.63) is 16.3 Å². The van der Waals surface area contributed by atoms with Gasteiger partial charge in [0, 0.05) is 13.0 Å². The van der Waals surface area contributed by atoms with Crippen molar-refractivity contribution in [2.24, 2.45) is 0 Å². The SMILES string of the molecule is O=c1[nH]nc(CC2CCCO2)[nH]1. The van der Waals surface area contributed by atoms with E-state index < -0.39 is 0 Å². The molecule has 0 bridgehead atoms. The Labute approximate surface area is 69.1 Å². The van der Waals surface area contributed by atoms with Gasteiger partial charge in [0.25, 0.3) is 0 Å². The fourth-order valence-electron chi connectivity index (χ4n) is 1.42. The van der Waals surface area contributed by atoms with Crippen molar-refractivity contribution >= 4 is 0 Å². The quantitative estimate of drug-likeness (QED) is 0.645. The summed E-state index contributed by atoms with van der Waals surface area (Å²) in [6.07, 6.45) is 3.12. The van der Waals surface area contributed by atoms with Gasteiger partial charge in [0.15, 0.2) is 0 Å². The summed E-state index contributed by atoms with van der Waals surface area (Å²) in [4.78, 5) is 13.3. The summed E-state index contributed by atoms with van der Waals surface area (Å²) >= 11 is 0. The average Bonchev–Trinajstić information content (AvgIpc) is 2.63. The Morgan fingerprint density at radius 3 is 3.17 bits per heavy atom. The van der Waals surface area contributed by atoms with E-state index >= 15 is 0 Å². The predicted molar refractivity (Wildman–Crippen MR) is 41.9 cm³/mol. The molecule has 0 aromatic carbocycles. The molecule has 1 aromatic heterocycles. The van der Waals surface area contributed by atoms with Gasteiger partial charge in [-0.1, -0.05) is 0 Å². The van der Waals surface area contributed by atoms with Crippen LogP contribution in [-0.4, -0.2) is 27.9 Å². The van der Waals surface area contributed by atoms with Crippen molar-refractivity contribution in [3.63, 3.8) is 0 Å². The van der Waals surface area contributed by atoms with Gasteiger partial charge in [0.2, 0.25) is 0 Å². The fourth-order valence-corrected chi connectivity index (χ4v) is 1.42. The maximum Gasteiger partial charge on any atom is 0.340 e. The van der Waals surface area contributed by atoms with E-state index in [2.05, 4.69) is 15.2 Å². The monoisotopic (exact) mass is 169 g/mol. The van der Waals surface area contributed by atoms with Gasteiger partial charge in [-0.05, 0) is 12.8 Å². The van der Waals surface area contributed by atoms with Crippen LogP contribution in [0.2, 0.25) is 0 Å². The van der Waals surface area contributed by atoms with Crippen molar-refractivity contribution in [3.8, 4) is 0 Å². The third-order valence-corrected chi connectivity index (χ3v) is 2.00. The number of hydrogen-bond acceptors (Lipinski definition) is 3. The lowest BCUT2D eigenvalue weighted by molar-refractivity contribution is 0.110. The predicted octanol–water partition coefficient (Wildman–Crippen LogP) is -0.181. The summed E-state index contributed by atoms with van der Waals surface area (Å²) in [7, 11) is 0. The van der Waals surface area contributed by atoms with E-state index in [1.807, 2.05) is 0 Å². The second kappa shape index (κ2) is 3.10. The number of nitrogens with zero attached hydrogens (tertiary/aromatic N) is 1. The van der Waals surface area contributed by atoms with Gasteiger partial charge in [-0.15, -0.1) is 0 Å². The lowest BCUT2D eigenvalue weighted by Crippen LogP contribution is -2.10. The second-order valence-electron chi connectivity index (χ2n) is 2.96. The first kappa shape index (κ1) is 7.54. The maximum atomic E-state index is 10.6. The summed E-state index contributed by atoms with van der Waals surface area (Å²) in [5.74, 6) is 0.687. The molecular weight excluding hydrogens is 158 g/mol. The van der Waals surface area contributed by atoms with Crippen LogP contribution in [0, 0.1) is 0 Å². The first-order valence-corrected chi connectivity index (χ1v) is 4.10. The molecule has 0 radical (unpaired) electrons. The molecule has 0 amide bonds. The van der Waals surface area contributed by atoms with Gasteiger partial charge in [0.1, 0.15) is 5.82 Å². The van der Waals surface area contributed by atoms with Gasteiger partial charge in [-0.3, -0.25) is 4.98 Å². The van der Waals surface area contributed by atoms with E-state index in [1.54, 1.807) is 0 Å². The molecule has 12 heavy (non-hydrogen) atoms. The Morgan fingerprint density at radius 1 is 1.67 bits per heavy atom. The molecule has 1 saturated heterocycles. The van der Waals surface area contributed by atoms with Crippen LogP contribution in [0.15, 0.2) is 4.79 Å². The van der Waals surface area contributed by atoms with Crippen molar-refractivity contribution in [2.75, 3.05) is 6.61 Å². The number of aromatic nitrogens is 3. The number of rotatable bonds is 2. The molecule has 2 heterocycles. The van der Waals surface area contributed by atoms with E-state index in [-0.39, 0.29) is 11.8 Å². The van der Waals surface area contributed by atoms with E-state index in [4.69, 9.17) is 4.74 Å². The fraction of sp³-hybridized carbons (Fsp3) is 0.714. The molecule has 1 atom stereocenters. The summed E-state index contributed by atoms with van der Waals surface area (Å²) in [5.41, 5.74) is -0.247. The lowest BCUT2D eigenvalue weighted by atomic mass is 10.2. The number of nitrogens with one attached hydrogen (secondary N) is 2. The van der Waals surface area contributed by atoms with Crippen LogP contribution in [0.1, 0.15) is 18.7 Å². The number of aromatic amines is 2. The Hall–Kier alpha value is -1.10. The molecule has 0 aliphatic carbocycles. The van der Waals surface area contributed by atoms with Crippen LogP contribution >= 0.6 is 0 Å². The number of ether oxygens (including phenoxy) is 1. The largest absolute Gasteiger partial charge is 0.378 e. The van der Waals surface area contributed by atoms with E-state index in [0.29, 0.717) is 12.2 Å².